The summed E-state index contributed by atoms with van der Waals surface area (Å²) in [6.07, 6.45) is 10.7. The van der Waals surface area contributed by atoms with Gasteiger partial charge in [-0.15, -0.1) is 0 Å². The van der Waals surface area contributed by atoms with Gasteiger partial charge in [-0.3, -0.25) is 9.69 Å². The lowest BCUT2D eigenvalue weighted by molar-refractivity contribution is 0.0931. The monoisotopic (exact) mass is 511 g/mol. The molecule has 1 unspecified atom stereocenters. The highest BCUT2D eigenvalue weighted by Crippen LogP contribution is 2.29. The van der Waals surface area contributed by atoms with Gasteiger partial charge in [0.05, 0.1) is 12.2 Å². The number of hydrogen-bond donors (Lipinski definition) is 0. The van der Waals surface area contributed by atoms with Crippen LogP contribution in [-0.4, -0.2) is 23.8 Å². The predicted octanol–water partition coefficient (Wildman–Crippen LogP) is 9.33. The average Bonchev–Trinajstić information content (AvgIpc) is 3.46. The lowest BCUT2D eigenvalue weighted by Crippen LogP contribution is -2.24. The van der Waals surface area contributed by atoms with Crippen molar-refractivity contribution in [2.75, 3.05) is 13.1 Å². The molecule has 3 rings (SSSR count). The number of Topliss-reactive ketones (excluding diaryl/α,β-unsaturated/α-hetero) is 1. The molecule has 0 amide bonds. The molecule has 0 saturated carbocycles. The number of furan rings is 1. The third-order valence-corrected chi connectivity index (χ3v) is 6.28. The molecule has 2 aromatic carbocycles. The summed E-state index contributed by atoms with van der Waals surface area (Å²) >= 11 is 0. The molecule has 0 radical (unpaired) electrons. The SMILES string of the molecule is C=C(C)/C=C\C(=C/C)CC(C(=O)c1ccco1)c1ccc(C)cc1.CCCN(CCC)Cc1ccccc1. The molecular formula is C35H45NO2. The lowest BCUT2D eigenvalue weighted by Gasteiger charge is -2.20. The molecule has 0 bridgehead atoms. The van der Waals surface area contributed by atoms with Crippen molar-refractivity contribution in [2.24, 2.45) is 0 Å². The van der Waals surface area contributed by atoms with E-state index in [0.29, 0.717) is 12.2 Å². The fourth-order valence-corrected chi connectivity index (χ4v) is 4.26. The number of carbonyl (C=O) groups excluding carboxylic acids is 1. The number of hydrogen-bond acceptors (Lipinski definition) is 3. The first-order chi connectivity index (χ1) is 18.4. The first kappa shape index (κ1) is 30.8. The number of nitrogens with zero attached hydrogens (tertiary/aromatic N) is 1. The fourth-order valence-electron chi connectivity index (χ4n) is 4.26. The van der Waals surface area contributed by atoms with Crippen LogP contribution < -0.4 is 0 Å². The van der Waals surface area contributed by atoms with Gasteiger partial charge in [0.15, 0.2) is 5.76 Å². The van der Waals surface area contributed by atoms with Gasteiger partial charge in [-0.2, -0.15) is 0 Å². The Balaban J connectivity index is 0.000000308. The summed E-state index contributed by atoms with van der Waals surface area (Å²) in [5.74, 6) is 0.143. The van der Waals surface area contributed by atoms with Crippen molar-refractivity contribution >= 4 is 5.78 Å². The zero-order valence-corrected chi connectivity index (χ0v) is 24.0. The van der Waals surface area contributed by atoms with Gasteiger partial charge in [0.2, 0.25) is 5.78 Å². The van der Waals surface area contributed by atoms with Crippen LogP contribution in [0.5, 0.6) is 0 Å². The molecular weight excluding hydrogens is 466 g/mol. The molecule has 3 heteroatoms. The number of ketones is 1. The minimum absolute atomic E-state index is 0.00641. The molecule has 0 aliphatic heterocycles. The molecule has 3 nitrogen and oxygen atoms in total. The van der Waals surface area contributed by atoms with E-state index in [1.807, 2.05) is 63.3 Å². The average molecular weight is 512 g/mol. The van der Waals surface area contributed by atoms with Crippen LogP contribution >= 0.6 is 0 Å². The van der Waals surface area contributed by atoms with Crippen LogP contribution in [0.1, 0.15) is 80.1 Å². The fraction of sp³-hybridized carbons (Fsp3) is 0.343. The van der Waals surface area contributed by atoms with Crippen LogP contribution in [-0.2, 0) is 6.54 Å². The van der Waals surface area contributed by atoms with Crippen LogP contribution in [0, 0.1) is 6.92 Å². The van der Waals surface area contributed by atoms with Crippen LogP contribution in [0.4, 0.5) is 0 Å². The molecule has 202 valence electrons. The van der Waals surface area contributed by atoms with Crippen molar-refractivity contribution < 1.29 is 9.21 Å². The molecule has 1 heterocycles. The van der Waals surface area contributed by atoms with E-state index in [1.165, 1.54) is 43.3 Å². The third kappa shape index (κ3) is 10.9. The van der Waals surface area contributed by atoms with Crippen molar-refractivity contribution in [3.05, 3.63) is 131 Å². The summed E-state index contributed by atoms with van der Waals surface area (Å²) in [6, 6.07) is 22.3. The van der Waals surface area contributed by atoms with E-state index >= 15 is 0 Å². The van der Waals surface area contributed by atoms with Crippen LogP contribution in [0.2, 0.25) is 0 Å². The molecule has 0 saturated heterocycles. The first-order valence-electron chi connectivity index (χ1n) is 13.8. The summed E-state index contributed by atoms with van der Waals surface area (Å²) in [7, 11) is 0. The second kappa shape index (κ2) is 17.1. The van der Waals surface area contributed by atoms with Gasteiger partial charge < -0.3 is 4.42 Å². The Morgan fingerprint density at radius 3 is 2.13 bits per heavy atom. The Hall–Kier alpha value is -3.43. The van der Waals surface area contributed by atoms with Gasteiger partial charge in [0, 0.05) is 6.54 Å². The number of allylic oxidation sites excluding steroid dienone is 5. The molecule has 0 spiro atoms. The second-order valence-corrected chi connectivity index (χ2v) is 9.81. The summed E-state index contributed by atoms with van der Waals surface area (Å²) in [6.45, 7) is 17.9. The molecule has 0 aliphatic carbocycles. The van der Waals surface area contributed by atoms with Gasteiger partial charge in [0.25, 0.3) is 0 Å². The van der Waals surface area contributed by atoms with Gasteiger partial charge >= 0.3 is 0 Å². The van der Waals surface area contributed by atoms with Crippen molar-refractivity contribution in [1.29, 1.82) is 0 Å². The quantitative estimate of drug-likeness (QED) is 0.169. The topological polar surface area (TPSA) is 33.5 Å². The predicted molar refractivity (Wildman–Crippen MR) is 162 cm³/mol. The summed E-state index contributed by atoms with van der Waals surface area (Å²) < 4.78 is 5.33. The van der Waals surface area contributed by atoms with Gasteiger partial charge in [-0.25, -0.2) is 0 Å². The lowest BCUT2D eigenvalue weighted by atomic mass is 9.86. The van der Waals surface area contributed by atoms with E-state index in [9.17, 15) is 4.79 Å². The van der Waals surface area contributed by atoms with Crippen molar-refractivity contribution in [3.8, 4) is 0 Å². The molecule has 0 N–H and O–H groups in total. The van der Waals surface area contributed by atoms with Crippen molar-refractivity contribution in [2.45, 2.75) is 66.3 Å². The van der Waals surface area contributed by atoms with Gasteiger partial charge in [-0.05, 0) is 76.4 Å². The number of aryl methyl sites for hydroxylation is 1. The smallest absolute Gasteiger partial charge is 0.205 e. The molecule has 1 atom stereocenters. The Morgan fingerprint density at radius 2 is 1.61 bits per heavy atom. The van der Waals surface area contributed by atoms with Crippen LogP contribution in [0.3, 0.4) is 0 Å². The van der Waals surface area contributed by atoms with Crippen molar-refractivity contribution in [3.63, 3.8) is 0 Å². The van der Waals surface area contributed by atoms with E-state index < -0.39 is 0 Å². The van der Waals surface area contributed by atoms with Gasteiger partial charge in [0.1, 0.15) is 0 Å². The maximum Gasteiger partial charge on any atom is 0.205 e. The molecule has 3 aromatic rings. The normalized spacial score (nSPS) is 12.3. The zero-order chi connectivity index (χ0) is 27.8. The highest BCUT2D eigenvalue weighted by molar-refractivity contribution is 5.98. The first-order valence-corrected chi connectivity index (χ1v) is 13.8. The molecule has 1 aromatic heterocycles. The van der Waals surface area contributed by atoms with Crippen LogP contribution in [0.25, 0.3) is 0 Å². The summed E-state index contributed by atoms with van der Waals surface area (Å²) in [4.78, 5) is 15.4. The number of rotatable bonds is 13. The standard InChI is InChI=1S/C22H24O2.C13H21N/c1-5-18(11-8-16(2)3)15-20(19-12-9-17(4)10-13-19)22(23)21-7-6-14-24-21;1-3-10-14(11-4-2)12-13-8-6-5-7-9-13/h5-14,20H,2,15H2,1,3-4H3;5-9H,3-4,10-12H2,1-2H3/b11-8-,18-5+;. The number of benzene rings is 2. The maximum atomic E-state index is 12.9. The zero-order valence-electron chi connectivity index (χ0n) is 24.0. The molecule has 0 fully saturated rings. The highest BCUT2D eigenvalue weighted by atomic mass is 16.3. The Labute approximate surface area is 230 Å². The van der Waals surface area contributed by atoms with E-state index in [-0.39, 0.29) is 11.7 Å². The van der Waals surface area contributed by atoms with E-state index in [4.69, 9.17) is 4.42 Å². The minimum atomic E-state index is -0.266. The molecule has 38 heavy (non-hydrogen) atoms. The van der Waals surface area contributed by atoms with E-state index in [1.54, 1.807) is 12.1 Å². The van der Waals surface area contributed by atoms with Gasteiger partial charge in [-0.1, -0.05) is 110 Å². The number of carbonyl (C=O) groups is 1. The maximum absolute atomic E-state index is 12.9. The Bertz CT molecular complexity index is 1130. The summed E-state index contributed by atoms with van der Waals surface area (Å²) in [5, 5.41) is 0. The van der Waals surface area contributed by atoms with Crippen LogP contribution in [0.15, 0.2) is 113 Å². The highest BCUT2D eigenvalue weighted by Gasteiger charge is 2.24. The third-order valence-electron chi connectivity index (χ3n) is 6.28. The van der Waals surface area contributed by atoms with Crippen molar-refractivity contribution in [1.82, 2.24) is 4.90 Å². The summed E-state index contributed by atoms with van der Waals surface area (Å²) in [5.41, 5.74) is 5.69. The minimum Gasteiger partial charge on any atom is -0.461 e. The van der Waals surface area contributed by atoms with E-state index in [0.717, 1.165) is 23.3 Å². The molecule has 0 aliphatic rings. The second-order valence-electron chi connectivity index (χ2n) is 9.81. The Morgan fingerprint density at radius 1 is 0.947 bits per heavy atom. The largest absolute Gasteiger partial charge is 0.461 e. The van der Waals surface area contributed by atoms with E-state index in [2.05, 4.69) is 55.7 Å². The Kier molecular flexibility index (Phi) is 13.9.